The lowest BCUT2D eigenvalue weighted by molar-refractivity contribution is -0.152. The minimum Gasteiger partial charge on any atom is -0.492 e. The Morgan fingerprint density at radius 1 is 1.45 bits per heavy atom. The lowest BCUT2D eigenvalue weighted by Gasteiger charge is -2.22. The number of nitrogens with one attached hydrogen (secondary N) is 1. The largest absolute Gasteiger partial charge is 0.492 e. The van der Waals surface area contributed by atoms with E-state index in [2.05, 4.69) is 17.4 Å². The number of carbonyl (C=O) groups excluding carboxylic acids is 1. The van der Waals surface area contributed by atoms with Gasteiger partial charge in [-0.2, -0.15) is 0 Å². The summed E-state index contributed by atoms with van der Waals surface area (Å²) in [5.74, 6) is 0.561. The molecular formula is C16H23NO3. The molecular weight excluding hydrogens is 254 g/mol. The van der Waals surface area contributed by atoms with Gasteiger partial charge < -0.3 is 14.8 Å². The summed E-state index contributed by atoms with van der Waals surface area (Å²) in [5, 5.41) is 3.32. The van der Waals surface area contributed by atoms with Crippen molar-refractivity contribution in [1.82, 2.24) is 5.32 Å². The normalized spacial score (nSPS) is 17.7. The number of fused-ring (bicyclic) bond motifs is 1. The van der Waals surface area contributed by atoms with Gasteiger partial charge in [-0.3, -0.25) is 4.79 Å². The highest BCUT2D eigenvalue weighted by molar-refractivity contribution is 5.75. The van der Waals surface area contributed by atoms with Crippen molar-refractivity contribution < 1.29 is 14.3 Å². The molecule has 0 amide bonds. The van der Waals surface area contributed by atoms with Crippen LogP contribution in [0.4, 0.5) is 0 Å². The van der Waals surface area contributed by atoms with Gasteiger partial charge in [0.15, 0.2) is 0 Å². The number of aryl methyl sites for hydroxylation is 1. The van der Waals surface area contributed by atoms with Gasteiger partial charge in [0.25, 0.3) is 0 Å². The van der Waals surface area contributed by atoms with Crippen LogP contribution in [-0.2, 0) is 16.0 Å². The standard InChI is InChI=1S/C16H23NO3/c1-16(2,15(18)19-4)10-20-12-6-7-13-11(9-12)5-8-14(13)17-3/h6-7,9,14,17H,5,8,10H2,1-4H3. The van der Waals surface area contributed by atoms with Gasteiger partial charge in [-0.1, -0.05) is 6.07 Å². The molecule has 1 atom stereocenters. The Morgan fingerprint density at radius 2 is 2.20 bits per heavy atom. The van der Waals surface area contributed by atoms with Crippen LogP contribution < -0.4 is 10.1 Å². The molecule has 1 aliphatic rings. The van der Waals surface area contributed by atoms with E-state index in [-0.39, 0.29) is 5.97 Å². The molecule has 1 unspecified atom stereocenters. The van der Waals surface area contributed by atoms with Gasteiger partial charge in [0.1, 0.15) is 12.4 Å². The van der Waals surface area contributed by atoms with Crippen molar-refractivity contribution in [3.05, 3.63) is 29.3 Å². The third kappa shape index (κ3) is 2.96. The molecule has 0 bridgehead atoms. The van der Waals surface area contributed by atoms with E-state index in [1.54, 1.807) is 0 Å². The van der Waals surface area contributed by atoms with Crippen LogP contribution in [0.1, 0.15) is 37.4 Å². The first kappa shape index (κ1) is 14.9. The second-order valence-corrected chi connectivity index (χ2v) is 5.90. The van der Waals surface area contributed by atoms with E-state index in [9.17, 15) is 4.79 Å². The number of carbonyl (C=O) groups is 1. The molecule has 0 spiro atoms. The molecule has 1 N–H and O–H groups in total. The zero-order chi connectivity index (χ0) is 14.8. The monoisotopic (exact) mass is 277 g/mol. The molecule has 1 aliphatic carbocycles. The van der Waals surface area contributed by atoms with Crippen LogP contribution in [0.15, 0.2) is 18.2 Å². The number of hydrogen-bond donors (Lipinski definition) is 1. The average molecular weight is 277 g/mol. The molecule has 0 saturated heterocycles. The van der Waals surface area contributed by atoms with Gasteiger partial charge in [-0.25, -0.2) is 0 Å². The molecule has 0 heterocycles. The Bertz CT molecular complexity index is 496. The van der Waals surface area contributed by atoms with E-state index in [1.165, 1.54) is 18.2 Å². The molecule has 1 aromatic carbocycles. The van der Waals surface area contributed by atoms with E-state index in [4.69, 9.17) is 9.47 Å². The molecule has 0 saturated carbocycles. The van der Waals surface area contributed by atoms with Crippen LogP contribution in [0.5, 0.6) is 5.75 Å². The molecule has 110 valence electrons. The third-order valence-corrected chi connectivity index (χ3v) is 3.88. The minimum absolute atomic E-state index is 0.256. The number of rotatable bonds is 5. The van der Waals surface area contributed by atoms with Crippen LogP contribution >= 0.6 is 0 Å². The predicted octanol–water partition coefficient (Wildman–Crippen LogP) is 2.47. The fourth-order valence-electron chi connectivity index (χ4n) is 2.58. The fourth-order valence-corrected chi connectivity index (χ4v) is 2.58. The fraction of sp³-hybridized carbons (Fsp3) is 0.562. The third-order valence-electron chi connectivity index (χ3n) is 3.88. The molecule has 20 heavy (non-hydrogen) atoms. The van der Waals surface area contributed by atoms with Crippen molar-refractivity contribution in [2.75, 3.05) is 20.8 Å². The molecule has 1 aromatic rings. The maximum Gasteiger partial charge on any atom is 0.314 e. The SMILES string of the molecule is CNC1CCc2cc(OCC(C)(C)C(=O)OC)ccc21. The highest BCUT2D eigenvalue weighted by Gasteiger charge is 2.30. The van der Waals surface area contributed by atoms with E-state index < -0.39 is 5.41 Å². The zero-order valence-corrected chi connectivity index (χ0v) is 12.7. The van der Waals surface area contributed by atoms with E-state index in [0.29, 0.717) is 12.6 Å². The summed E-state index contributed by atoms with van der Waals surface area (Å²) in [4.78, 5) is 11.6. The summed E-state index contributed by atoms with van der Waals surface area (Å²) in [7, 11) is 3.39. The molecule has 0 aliphatic heterocycles. The van der Waals surface area contributed by atoms with Gasteiger partial charge in [0.05, 0.1) is 12.5 Å². The Morgan fingerprint density at radius 3 is 2.85 bits per heavy atom. The van der Waals surface area contributed by atoms with Crippen LogP contribution in [-0.4, -0.2) is 26.7 Å². The lowest BCUT2D eigenvalue weighted by atomic mass is 9.95. The highest BCUT2D eigenvalue weighted by Crippen LogP contribution is 2.33. The first-order valence-electron chi connectivity index (χ1n) is 6.99. The molecule has 4 heteroatoms. The number of hydrogen-bond acceptors (Lipinski definition) is 4. The summed E-state index contributed by atoms with van der Waals surface area (Å²) in [6, 6.07) is 6.62. The van der Waals surface area contributed by atoms with Gasteiger partial charge in [-0.05, 0) is 57.0 Å². The van der Waals surface area contributed by atoms with Crippen molar-refractivity contribution in [2.45, 2.75) is 32.7 Å². The lowest BCUT2D eigenvalue weighted by Crippen LogP contribution is -2.32. The molecule has 2 rings (SSSR count). The Labute approximate surface area is 120 Å². The van der Waals surface area contributed by atoms with Crippen molar-refractivity contribution in [1.29, 1.82) is 0 Å². The molecule has 0 fully saturated rings. The predicted molar refractivity (Wildman–Crippen MR) is 77.9 cm³/mol. The number of methoxy groups -OCH3 is 1. The topological polar surface area (TPSA) is 47.6 Å². The van der Waals surface area contributed by atoms with Crippen molar-refractivity contribution in [3.63, 3.8) is 0 Å². The quantitative estimate of drug-likeness (QED) is 0.840. The van der Waals surface area contributed by atoms with Crippen LogP contribution in [0, 0.1) is 5.41 Å². The number of esters is 1. The average Bonchev–Trinajstić information content (AvgIpc) is 2.86. The Kier molecular flexibility index (Phi) is 4.33. The van der Waals surface area contributed by atoms with E-state index in [0.717, 1.165) is 18.6 Å². The van der Waals surface area contributed by atoms with Gasteiger partial charge in [0, 0.05) is 6.04 Å². The van der Waals surface area contributed by atoms with E-state index in [1.807, 2.05) is 27.0 Å². The first-order valence-corrected chi connectivity index (χ1v) is 6.99. The second-order valence-electron chi connectivity index (χ2n) is 5.90. The van der Waals surface area contributed by atoms with E-state index >= 15 is 0 Å². The van der Waals surface area contributed by atoms with Crippen molar-refractivity contribution in [2.24, 2.45) is 5.41 Å². The Balaban J connectivity index is 2.04. The summed E-state index contributed by atoms with van der Waals surface area (Å²) in [5.41, 5.74) is 2.05. The maximum absolute atomic E-state index is 11.6. The van der Waals surface area contributed by atoms with Gasteiger partial charge >= 0.3 is 5.97 Å². The van der Waals surface area contributed by atoms with Crippen LogP contribution in [0.3, 0.4) is 0 Å². The number of benzene rings is 1. The summed E-state index contributed by atoms with van der Waals surface area (Å²) >= 11 is 0. The van der Waals surface area contributed by atoms with Crippen LogP contribution in [0.2, 0.25) is 0 Å². The molecule has 4 nitrogen and oxygen atoms in total. The first-order chi connectivity index (χ1) is 9.47. The Hall–Kier alpha value is -1.55. The summed E-state index contributed by atoms with van der Waals surface area (Å²) < 4.78 is 10.5. The summed E-state index contributed by atoms with van der Waals surface area (Å²) in [6.07, 6.45) is 2.20. The second kappa shape index (κ2) is 5.83. The van der Waals surface area contributed by atoms with Gasteiger partial charge in [0.2, 0.25) is 0 Å². The smallest absolute Gasteiger partial charge is 0.314 e. The summed E-state index contributed by atoms with van der Waals surface area (Å²) in [6.45, 7) is 3.96. The van der Waals surface area contributed by atoms with Crippen LogP contribution in [0.25, 0.3) is 0 Å². The highest BCUT2D eigenvalue weighted by atomic mass is 16.5. The zero-order valence-electron chi connectivity index (χ0n) is 12.7. The van der Waals surface area contributed by atoms with Crippen molar-refractivity contribution >= 4 is 5.97 Å². The van der Waals surface area contributed by atoms with Crippen molar-refractivity contribution in [3.8, 4) is 5.75 Å². The minimum atomic E-state index is -0.638. The maximum atomic E-state index is 11.6. The molecule has 0 radical (unpaired) electrons. The molecule has 0 aromatic heterocycles. The number of ether oxygens (including phenoxy) is 2. The van der Waals surface area contributed by atoms with Gasteiger partial charge in [-0.15, -0.1) is 0 Å².